The Morgan fingerprint density at radius 3 is 2.25 bits per heavy atom. The lowest BCUT2D eigenvalue weighted by Crippen LogP contribution is -2.38. The number of carbonyl (C=O) groups is 2. The Morgan fingerprint density at radius 1 is 0.972 bits per heavy atom. The minimum atomic E-state index is -1.01. The summed E-state index contributed by atoms with van der Waals surface area (Å²) in [6.07, 6.45) is 1.67. The zero-order valence-electron chi connectivity index (χ0n) is 21.7. The van der Waals surface area contributed by atoms with Crippen molar-refractivity contribution < 1.29 is 23.1 Å². The fraction of sp³-hybridized carbons (Fsp3) is 0.500. The lowest BCUT2D eigenvalue weighted by atomic mass is 10.1. The van der Waals surface area contributed by atoms with E-state index in [-0.39, 0.29) is 24.8 Å². The van der Waals surface area contributed by atoms with Crippen LogP contribution in [0.4, 0.5) is 14.5 Å². The molecule has 6 nitrogen and oxygen atoms in total. The quantitative estimate of drug-likeness (QED) is 0.571. The number of carbonyl (C=O) groups excluding carboxylic acids is 2. The molecule has 36 heavy (non-hydrogen) atoms. The highest BCUT2D eigenvalue weighted by Gasteiger charge is 2.24. The predicted octanol–water partition coefficient (Wildman–Crippen LogP) is 5.11. The number of fused-ring (bicyclic) bond motifs is 1. The summed E-state index contributed by atoms with van der Waals surface area (Å²) >= 11 is 0. The smallest absolute Gasteiger partial charge is 0.254 e. The predicted molar refractivity (Wildman–Crippen MR) is 137 cm³/mol. The van der Waals surface area contributed by atoms with E-state index < -0.39 is 11.6 Å². The molecule has 0 fully saturated rings. The maximum absolute atomic E-state index is 14.4. The molecule has 2 aromatic rings. The van der Waals surface area contributed by atoms with Crippen LogP contribution in [-0.2, 0) is 11.3 Å². The highest BCUT2D eigenvalue weighted by molar-refractivity contribution is 5.95. The third kappa shape index (κ3) is 7.26. The van der Waals surface area contributed by atoms with Crippen molar-refractivity contribution in [2.75, 3.05) is 44.7 Å². The van der Waals surface area contributed by atoms with Gasteiger partial charge in [0.15, 0.2) is 11.6 Å². The molecule has 2 aromatic carbocycles. The zero-order valence-corrected chi connectivity index (χ0v) is 21.7. The van der Waals surface area contributed by atoms with Gasteiger partial charge in [-0.2, -0.15) is 0 Å². The molecular formula is C28H37F2N3O3. The molecule has 0 aromatic heterocycles. The van der Waals surface area contributed by atoms with Crippen LogP contribution < -0.4 is 9.64 Å². The molecule has 2 amide bonds. The fourth-order valence-electron chi connectivity index (χ4n) is 4.27. The van der Waals surface area contributed by atoms with E-state index in [1.807, 2.05) is 7.05 Å². The number of rotatable bonds is 5. The summed E-state index contributed by atoms with van der Waals surface area (Å²) in [5.74, 6) is -1.32. The van der Waals surface area contributed by atoms with Crippen molar-refractivity contribution in [2.24, 2.45) is 5.92 Å². The molecule has 0 bridgehead atoms. The van der Waals surface area contributed by atoms with Crippen LogP contribution in [0.2, 0.25) is 0 Å². The number of anilines is 1. The summed E-state index contributed by atoms with van der Waals surface area (Å²) in [5, 5.41) is 0. The van der Waals surface area contributed by atoms with E-state index >= 15 is 0 Å². The van der Waals surface area contributed by atoms with Crippen molar-refractivity contribution in [1.29, 1.82) is 0 Å². The Kier molecular flexibility index (Phi) is 9.81. The number of halogens is 2. The summed E-state index contributed by atoms with van der Waals surface area (Å²) in [6.45, 7) is 8.87. The maximum Gasteiger partial charge on any atom is 0.254 e. The molecule has 1 aliphatic rings. The minimum absolute atomic E-state index is 0.0637. The lowest BCUT2D eigenvalue weighted by molar-refractivity contribution is -0.118. The Bertz CT molecular complexity index is 1040. The maximum atomic E-state index is 14.4. The van der Waals surface area contributed by atoms with Gasteiger partial charge in [-0.15, -0.1) is 0 Å². The van der Waals surface area contributed by atoms with Gasteiger partial charge in [-0.1, -0.05) is 20.8 Å². The molecule has 1 aliphatic heterocycles. The molecule has 0 aliphatic carbocycles. The molecule has 0 saturated carbocycles. The van der Waals surface area contributed by atoms with E-state index in [4.69, 9.17) is 4.74 Å². The largest absolute Gasteiger partial charge is 0.493 e. The number of hydrogen-bond acceptors (Lipinski definition) is 4. The summed E-state index contributed by atoms with van der Waals surface area (Å²) < 4.78 is 34.4. The van der Waals surface area contributed by atoms with Gasteiger partial charge in [0.1, 0.15) is 5.75 Å². The SMILES string of the molecule is CCC(=O)N1CCCN(C)CCCN(C(=O)c2ccc(OCC(C)C)cc2)Cc2cc(F)c(F)cc21. The molecule has 196 valence electrons. The molecule has 8 heteroatoms. The average Bonchev–Trinajstić information content (AvgIpc) is 2.85. The average molecular weight is 502 g/mol. The summed E-state index contributed by atoms with van der Waals surface area (Å²) in [5.41, 5.74) is 1.21. The standard InChI is InChI=1S/C28H37F2N3O3/c1-5-27(34)33-15-7-13-31(4)12-6-14-32(18-22-16-24(29)25(30)17-26(22)33)28(35)21-8-10-23(11-9-21)36-19-20(2)3/h8-11,16-17,20H,5-7,12-15,18-19H2,1-4H3. The zero-order chi connectivity index (χ0) is 26.2. The monoisotopic (exact) mass is 501 g/mol. The first-order valence-corrected chi connectivity index (χ1v) is 12.7. The normalized spacial score (nSPS) is 15.8. The van der Waals surface area contributed by atoms with Gasteiger partial charge in [0.05, 0.1) is 12.3 Å². The Labute approximate surface area is 212 Å². The first-order valence-electron chi connectivity index (χ1n) is 12.7. The second kappa shape index (κ2) is 12.8. The van der Waals surface area contributed by atoms with Crippen LogP contribution in [0.5, 0.6) is 5.75 Å². The molecule has 3 rings (SSSR count). The number of benzene rings is 2. The van der Waals surface area contributed by atoms with Gasteiger partial charge < -0.3 is 19.4 Å². The second-order valence-corrected chi connectivity index (χ2v) is 9.76. The summed E-state index contributed by atoms with van der Waals surface area (Å²) in [7, 11) is 2.00. The molecule has 0 N–H and O–H groups in total. The number of ether oxygens (including phenoxy) is 1. The lowest BCUT2D eigenvalue weighted by Gasteiger charge is -2.31. The second-order valence-electron chi connectivity index (χ2n) is 9.76. The molecule has 1 heterocycles. The fourth-order valence-corrected chi connectivity index (χ4v) is 4.27. The van der Waals surface area contributed by atoms with Gasteiger partial charge in [0.2, 0.25) is 5.91 Å². The van der Waals surface area contributed by atoms with Crippen molar-refractivity contribution in [3.63, 3.8) is 0 Å². The Hall–Kier alpha value is -3.00. The third-order valence-corrected chi connectivity index (χ3v) is 6.24. The van der Waals surface area contributed by atoms with Gasteiger partial charge in [0, 0.05) is 37.7 Å². The van der Waals surface area contributed by atoms with Crippen LogP contribution in [0.1, 0.15) is 56.0 Å². The van der Waals surface area contributed by atoms with E-state index in [0.29, 0.717) is 54.6 Å². The molecule has 0 atom stereocenters. The Balaban J connectivity index is 1.95. The topological polar surface area (TPSA) is 53.1 Å². The van der Waals surface area contributed by atoms with Crippen molar-refractivity contribution in [3.05, 3.63) is 59.2 Å². The minimum Gasteiger partial charge on any atom is -0.493 e. The molecule has 0 spiro atoms. The number of hydrogen-bond donors (Lipinski definition) is 0. The third-order valence-electron chi connectivity index (χ3n) is 6.24. The van der Waals surface area contributed by atoms with E-state index in [1.165, 1.54) is 4.90 Å². The van der Waals surface area contributed by atoms with E-state index in [9.17, 15) is 18.4 Å². The molecular weight excluding hydrogens is 464 g/mol. The highest BCUT2D eigenvalue weighted by atomic mass is 19.2. The van der Waals surface area contributed by atoms with E-state index in [2.05, 4.69) is 18.7 Å². The number of amides is 2. The van der Waals surface area contributed by atoms with Gasteiger partial charge in [-0.25, -0.2) is 8.78 Å². The van der Waals surface area contributed by atoms with Crippen LogP contribution in [-0.4, -0.2) is 61.4 Å². The summed E-state index contributed by atoms with van der Waals surface area (Å²) in [6, 6.07) is 9.17. The van der Waals surface area contributed by atoms with Crippen molar-refractivity contribution in [3.8, 4) is 5.75 Å². The van der Waals surface area contributed by atoms with Gasteiger partial charge in [-0.05, 0) is 74.8 Å². The van der Waals surface area contributed by atoms with Gasteiger partial charge in [-0.3, -0.25) is 9.59 Å². The first-order chi connectivity index (χ1) is 17.2. The Morgan fingerprint density at radius 2 is 1.61 bits per heavy atom. The highest BCUT2D eigenvalue weighted by Crippen LogP contribution is 2.28. The molecule has 0 radical (unpaired) electrons. The van der Waals surface area contributed by atoms with Crippen LogP contribution >= 0.6 is 0 Å². The number of nitrogens with zero attached hydrogens (tertiary/aromatic N) is 3. The van der Waals surface area contributed by atoms with Crippen molar-refractivity contribution in [2.45, 2.75) is 46.6 Å². The van der Waals surface area contributed by atoms with Crippen molar-refractivity contribution in [1.82, 2.24) is 9.80 Å². The summed E-state index contributed by atoms with van der Waals surface area (Å²) in [4.78, 5) is 31.7. The van der Waals surface area contributed by atoms with E-state index in [0.717, 1.165) is 31.6 Å². The van der Waals surface area contributed by atoms with Gasteiger partial charge >= 0.3 is 0 Å². The van der Waals surface area contributed by atoms with Crippen LogP contribution in [0.15, 0.2) is 36.4 Å². The van der Waals surface area contributed by atoms with E-state index in [1.54, 1.807) is 36.1 Å². The first kappa shape index (κ1) is 27.6. The van der Waals surface area contributed by atoms with Crippen LogP contribution in [0.3, 0.4) is 0 Å². The molecule has 0 saturated heterocycles. The van der Waals surface area contributed by atoms with Gasteiger partial charge in [0.25, 0.3) is 5.91 Å². The molecule has 0 unspecified atom stereocenters. The van der Waals surface area contributed by atoms with Crippen LogP contribution in [0.25, 0.3) is 0 Å². The van der Waals surface area contributed by atoms with Crippen LogP contribution in [0, 0.1) is 17.6 Å². The van der Waals surface area contributed by atoms with Crippen molar-refractivity contribution >= 4 is 17.5 Å².